The summed E-state index contributed by atoms with van der Waals surface area (Å²) in [4.78, 5) is 0. The molecule has 1 aromatic rings. The van der Waals surface area contributed by atoms with E-state index in [1.807, 2.05) is 0 Å². The molecule has 0 aromatic heterocycles. The number of rotatable bonds is 3. The molecule has 78 valence electrons. The highest BCUT2D eigenvalue weighted by Gasteiger charge is 2.14. The first-order valence-corrected chi connectivity index (χ1v) is 5.39. The maximum absolute atomic E-state index is 6.22. The second-order valence-electron chi connectivity index (χ2n) is 4.27. The van der Waals surface area contributed by atoms with E-state index in [-0.39, 0.29) is 6.04 Å². The summed E-state index contributed by atoms with van der Waals surface area (Å²) in [5.41, 5.74) is 10.1. The molecule has 14 heavy (non-hydrogen) atoms. The van der Waals surface area contributed by atoms with Crippen molar-refractivity contribution in [3.63, 3.8) is 0 Å². The van der Waals surface area contributed by atoms with Crippen LogP contribution in [0.2, 0.25) is 0 Å². The summed E-state index contributed by atoms with van der Waals surface area (Å²) < 4.78 is 0. The number of hydrogen-bond acceptors (Lipinski definition) is 1. The van der Waals surface area contributed by atoms with Crippen LogP contribution in [0.25, 0.3) is 0 Å². The lowest BCUT2D eigenvalue weighted by Crippen LogP contribution is -2.19. The van der Waals surface area contributed by atoms with Crippen LogP contribution in [0.5, 0.6) is 0 Å². The molecule has 0 radical (unpaired) electrons. The summed E-state index contributed by atoms with van der Waals surface area (Å²) in [7, 11) is 0. The average molecular weight is 191 g/mol. The predicted octanol–water partition coefficient (Wildman–Crippen LogP) is 3.35. The van der Waals surface area contributed by atoms with E-state index >= 15 is 0 Å². The van der Waals surface area contributed by atoms with E-state index in [1.54, 1.807) is 0 Å². The van der Waals surface area contributed by atoms with Crippen LogP contribution in [-0.4, -0.2) is 0 Å². The maximum atomic E-state index is 6.22. The molecule has 0 aliphatic rings. The Labute approximate surface area is 87.3 Å². The van der Waals surface area contributed by atoms with E-state index in [0.29, 0.717) is 5.92 Å². The van der Waals surface area contributed by atoms with Crippen LogP contribution >= 0.6 is 0 Å². The van der Waals surface area contributed by atoms with Crippen molar-refractivity contribution >= 4 is 0 Å². The van der Waals surface area contributed by atoms with Crippen molar-refractivity contribution in [1.29, 1.82) is 0 Å². The molecule has 0 fully saturated rings. The van der Waals surface area contributed by atoms with Gasteiger partial charge in [-0.1, -0.05) is 44.0 Å². The molecule has 0 heterocycles. The Bertz CT molecular complexity index is 304. The molecule has 1 nitrogen and oxygen atoms in total. The van der Waals surface area contributed by atoms with Gasteiger partial charge in [0.1, 0.15) is 0 Å². The maximum Gasteiger partial charge on any atom is 0.0323 e. The Morgan fingerprint density at radius 2 is 1.93 bits per heavy atom. The third-order valence-electron chi connectivity index (χ3n) is 3.05. The molecular weight excluding hydrogens is 170 g/mol. The minimum Gasteiger partial charge on any atom is -0.324 e. The molecule has 0 spiro atoms. The second kappa shape index (κ2) is 4.61. The molecule has 2 atom stereocenters. The fourth-order valence-corrected chi connectivity index (χ4v) is 1.68. The minimum absolute atomic E-state index is 0.180. The van der Waals surface area contributed by atoms with Crippen LogP contribution in [0.3, 0.4) is 0 Å². The molecule has 1 heteroatoms. The van der Waals surface area contributed by atoms with E-state index in [4.69, 9.17) is 5.73 Å². The largest absolute Gasteiger partial charge is 0.324 e. The number of benzene rings is 1. The lowest BCUT2D eigenvalue weighted by atomic mass is 9.90. The van der Waals surface area contributed by atoms with Gasteiger partial charge in [-0.3, -0.25) is 0 Å². The highest BCUT2D eigenvalue weighted by Crippen LogP contribution is 2.25. The summed E-state index contributed by atoms with van der Waals surface area (Å²) in [6.07, 6.45) is 1.13. The van der Waals surface area contributed by atoms with Crippen LogP contribution < -0.4 is 5.73 Å². The molecule has 0 saturated heterocycles. The normalized spacial score (nSPS) is 15.2. The summed E-state index contributed by atoms with van der Waals surface area (Å²) in [5.74, 6) is 0.551. The van der Waals surface area contributed by atoms with Crippen molar-refractivity contribution in [1.82, 2.24) is 0 Å². The predicted molar refractivity (Wildman–Crippen MR) is 62.3 cm³/mol. The summed E-state index contributed by atoms with van der Waals surface area (Å²) in [6, 6.07) is 6.70. The van der Waals surface area contributed by atoms with Gasteiger partial charge in [-0.15, -0.1) is 0 Å². The fraction of sp³-hybridized carbons (Fsp3) is 0.538. The van der Waals surface area contributed by atoms with E-state index in [0.717, 1.165) is 6.42 Å². The van der Waals surface area contributed by atoms with Gasteiger partial charge < -0.3 is 5.73 Å². The zero-order chi connectivity index (χ0) is 10.7. The highest BCUT2D eigenvalue weighted by molar-refractivity contribution is 5.33. The molecule has 1 unspecified atom stereocenters. The van der Waals surface area contributed by atoms with Crippen LogP contribution in [0.15, 0.2) is 18.2 Å². The standard InChI is InChI=1S/C13H21N/c1-5-10(3)13(14)12-8-9(2)6-7-11(12)4/h6-8,10,13H,5,14H2,1-4H3/t10?,13-/m0/s1. The Balaban J connectivity index is 2.99. The van der Waals surface area contributed by atoms with Gasteiger partial charge in [-0.2, -0.15) is 0 Å². The van der Waals surface area contributed by atoms with E-state index in [9.17, 15) is 0 Å². The highest BCUT2D eigenvalue weighted by atomic mass is 14.6. The van der Waals surface area contributed by atoms with E-state index in [2.05, 4.69) is 45.9 Å². The molecule has 1 aromatic carbocycles. The Morgan fingerprint density at radius 3 is 2.50 bits per heavy atom. The average Bonchev–Trinajstić information content (AvgIpc) is 2.19. The van der Waals surface area contributed by atoms with Crippen molar-refractivity contribution in [3.8, 4) is 0 Å². The van der Waals surface area contributed by atoms with Crippen LogP contribution in [0, 0.1) is 19.8 Å². The van der Waals surface area contributed by atoms with Crippen molar-refractivity contribution < 1.29 is 0 Å². The first-order valence-electron chi connectivity index (χ1n) is 5.39. The van der Waals surface area contributed by atoms with Gasteiger partial charge in [-0.25, -0.2) is 0 Å². The third kappa shape index (κ3) is 2.36. The third-order valence-corrected chi connectivity index (χ3v) is 3.05. The SMILES string of the molecule is CCC(C)[C@H](N)c1cc(C)ccc1C. The number of nitrogens with two attached hydrogens (primary N) is 1. The molecule has 1 rings (SSSR count). The summed E-state index contributed by atoms with van der Waals surface area (Å²) >= 11 is 0. The van der Waals surface area contributed by atoms with Crippen LogP contribution in [-0.2, 0) is 0 Å². The lowest BCUT2D eigenvalue weighted by molar-refractivity contribution is 0.455. The summed E-state index contributed by atoms with van der Waals surface area (Å²) in [5, 5.41) is 0. The molecule has 0 amide bonds. The smallest absolute Gasteiger partial charge is 0.0323 e. The second-order valence-corrected chi connectivity index (χ2v) is 4.27. The van der Waals surface area contributed by atoms with Gasteiger partial charge in [0, 0.05) is 6.04 Å². The Hall–Kier alpha value is -0.820. The van der Waals surface area contributed by atoms with Gasteiger partial charge in [0.25, 0.3) is 0 Å². The number of hydrogen-bond donors (Lipinski definition) is 1. The molecule has 0 aliphatic carbocycles. The van der Waals surface area contributed by atoms with Gasteiger partial charge in [0.2, 0.25) is 0 Å². The summed E-state index contributed by atoms with van der Waals surface area (Å²) in [6.45, 7) is 8.66. The van der Waals surface area contributed by atoms with Crippen LogP contribution in [0.1, 0.15) is 43.0 Å². The molecule has 0 aliphatic heterocycles. The topological polar surface area (TPSA) is 26.0 Å². The Kier molecular flexibility index (Phi) is 3.70. The zero-order valence-electron chi connectivity index (χ0n) is 9.67. The monoisotopic (exact) mass is 191 g/mol. The first-order chi connectivity index (χ1) is 6.56. The van der Waals surface area contributed by atoms with Crippen molar-refractivity contribution in [2.45, 2.75) is 40.2 Å². The van der Waals surface area contributed by atoms with Crippen molar-refractivity contribution in [3.05, 3.63) is 34.9 Å². The van der Waals surface area contributed by atoms with Gasteiger partial charge >= 0.3 is 0 Å². The Morgan fingerprint density at radius 1 is 1.29 bits per heavy atom. The molecule has 0 saturated carbocycles. The van der Waals surface area contributed by atoms with Crippen LogP contribution in [0.4, 0.5) is 0 Å². The van der Waals surface area contributed by atoms with Gasteiger partial charge in [0.05, 0.1) is 0 Å². The molecule has 2 N–H and O–H groups in total. The molecular formula is C13H21N. The van der Waals surface area contributed by atoms with Gasteiger partial charge in [0.15, 0.2) is 0 Å². The van der Waals surface area contributed by atoms with Crippen molar-refractivity contribution in [2.24, 2.45) is 11.7 Å². The molecule has 0 bridgehead atoms. The lowest BCUT2D eigenvalue weighted by Gasteiger charge is -2.21. The number of aryl methyl sites for hydroxylation is 2. The van der Waals surface area contributed by atoms with Gasteiger partial charge in [-0.05, 0) is 30.9 Å². The first kappa shape index (κ1) is 11.3. The fourth-order valence-electron chi connectivity index (χ4n) is 1.68. The van der Waals surface area contributed by atoms with E-state index < -0.39 is 0 Å². The minimum atomic E-state index is 0.180. The van der Waals surface area contributed by atoms with E-state index in [1.165, 1.54) is 16.7 Å². The quantitative estimate of drug-likeness (QED) is 0.779. The zero-order valence-corrected chi connectivity index (χ0v) is 9.67. The van der Waals surface area contributed by atoms with Crippen molar-refractivity contribution in [2.75, 3.05) is 0 Å².